The molecule has 1 aliphatic heterocycles. The van der Waals surface area contributed by atoms with Gasteiger partial charge in [-0.2, -0.15) is 0 Å². The Morgan fingerprint density at radius 3 is 3.00 bits per heavy atom. The SMILES string of the molecule is CC1CN=C(c2cccc(Br)c2Cl)N1. The van der Waals surface area contributed by atoms with E-state index in [0.29, 0.717) is 11.1 Å². The average Bonchev–Trinajstić information content (AvgIpc) is 2.57. The molecule has 2 rings (SSSR count). The first kappa shape index (κ1) is 9.99. The lowest BCUT2D eigenvalue weighted by Crippen LogP contribution is -2.27. The van der Waals surface area contributed by atoms with Crippen molar-refractivity contribution in [3.8, 4) is 0 Å². The Balaban J connectivity index is 2.38. The highest BCUT2D eigenvalue weighted by Gasteiger charge is 2.17. The van der Waals surface area contributed by atoms with Crippen molar-refractivity contribution in [2.75, 3.05) is 6.54 Å². The lowest BCUT2D eigenvalue weighted by Gasteiger charge is -2.08. The third-order valence-corrected chi connectivity index (χ3v) is 3.41. The number of hydrogen-bond acceptors (Lipinski definition) is 2. The molecule has 0 saturated carbocycles. The molecule has 0 aliphatic carbocycles. The molecule has 1 N–H and O–H groups in total. The van der Waals surface area contributed by atoms with E-state index in [1.807, 2.05) is 18.2 Å². The maximum Gasteiger partial charge on any atom is 0.130 e. The normalized spacial score (nSPS) is 20.5. The van der Waals surface area contributed by atoms with Crippen LogP contribution >= 0.6 is 27.5 Å². The van der Waals surface area contributed by atoms with Crippen LogP contribution in [0, 0.1) is 0 Å². The summed E-state index contributed by atoms with van der Waals surface area (Å²) in [6, 6.07) is 6.25. The van der Waals surface area contributed by atoms with Crippen molar-refractivity contribution >= 4 is 33.4 Å². The second-order valence-electron chi connectivity index (χ2n) is 3.34. The molecule has 1 unspecified atom stereocenters. The fourth-order valence-electron chi connectivity index (χ4n) is 1.40. The van der Waals surface area contributed by atoms with Crippen LogP contribution in [0.15, 0.2) is 27.7 Å². The van der Waals surface area contributed by atoms with Gasteiger partial charge in [0.2, 0.25) is 0 Å². The van der Waals surface area contributed by atoms with Gasteiger partial charge in [0.15, 0.2) is 0 Å². The first-order chi connectivity index (χ1) is 6.68. The number of amidine groups is 1. The maximum absolute atomic E-state index is 6.15. The van der Waals surface area contributed by atoms with Crippen molar-refractivity contribution in [3.05, 3.63) is 33.3 Å². The Bertz CT molecular complexity index is 390. The molecule has 0 saturated heterocycles. The number of halogens is 2. The number of hydrogen-bond donors (Lipinski definition) is 1. The van der Waals surface area contributed by atoms with Crippen molar-refractivity contribution in [1.82, 2.24) is 5.32 Å². The van der Waals surface area contributed by atoms with E-state index in [1.165, 1.54) is 0 Å². The van der Waals surface area contributed by atoms with Gasteiger partial charge in [-0.3, -0.25) is 4.99 Å². The summed E-state index contributed by atoms with van der Waals surface area (Å²) in [7, 11) is 0. The van der Waals surface area contributed by atoms with Crippen molar-refractivity contribution in [2.45, 2.75) is 13.0 Å². The van der Waals surface area contributed by atoms with Gasteiger partial charge in [0.1, 0.15) is 5.84 Å². The van der Waals surface area contributed by atoms with Crippen LogP contribution in [0.3, 0.4) is 0 Å². The van der Waals surface area contributed by atoms with Crippen LogP contribution in [0.1, 0.15) is 12.5 Å². The first-order valence-corrected chi connectivity index (χ1v) is 5.61. The van der Waals surface area contributed by atoms with Gasteiger partial charge in [0.05, 0.1) is 11.6 Å². The van der Waals surface area contributed by atoms with Gasteiger partial charge in [-0.1, -0.05) is 17.7 Å². The number of benzene rings is 1. The zero-order chi connectivity index (χ0) is 10.1. The molecule has 14 heavy (non-hydrogen) atoms. The summed E-state index contributed by atoms with van der Waals surface area (Å²) in [5.41, 5.74) is 0.963. The number of nitrogens with zero attached hydrogens (tertiary/aromatic N) is 1. The summed E-state index contributed by atoms with van der Waals surface area (Å²) >= 11 is 9.55. The summed E-state index contributed by atoms with van der Waals surface area (Å²) in [5.74, 6) is 0.892. The Morgan fingerprint density at radius 2 is 2.36 bits per heavy atom. The van der Waals surface area contributed by atoms with Crippen molar-refractivity contribution in [2.24, 2.45) is 4.99 Å². The number of rotatable bonds is 1. The van der Waals surface area contributed by atoms with Crippen LogP contribution in [0.2, 0.25) is 5.02 Å². The van der Waals surface area contributed by atoms with Crippen LogP contribution in [0.5, 0.6) is 0 Å². The summed E-state index contributed by atoms with van der Waals surface area (Å²) in [6.45, 7) is 2.92. The minimum atomic E-state index is 0.403. The van der Waals surface area contributed by atoms with Gasteiger partial charge < -0.3 is 5.32 Å². The highest BCUT2D eigenvalue weighted by Crippen LogP contribution is 2.26. The van der Waals surface area contributed by atoms with E-state index >= 15 is 0 Å². The molecule has 0 bridgehead atoms. The highest BCUT2D eigenvalue weighted by atomic mass is 79.9. The number of aliphatic imine (C=N–C) groups is 1. The third kappa shape index (κ3) is 1.79. The zero-order valence-corrected chi connectivity index (χ0v) is 10.1. The molecule has 0 fully saturated rings. The van der Waals surface area contributed by atoms with E-state index in [9.17, 15) is 0 Å². The van der Waals surface area contributed by atoms with Crippen LogP contribution in [-0.4, -0.2) is 18.4 Å². The molecule has 1 atom stereocenters. The van der Waals surface area contributed by atoms with E-state index in [0.717, 1.165) is 22.4 Å². The molecule has 1 aliphatic rings. The van der Waals surface area contributed by atoms with Gasteiger partial charge in [-0.15, -0.1) is 0 Å². The molecular formula is C10H10BrClN2. The van der Waals surface area contributed by atoms with Crippen molar-refractivity contribution in [3.63, 3.8) is 0 Å². The van der Waals surface area contributed by atoms with Crippen LogP contribution < -0.4 is 5.32 Å². The summed E-state index contributed by atoms with van der Waals surface area (Å²) in [4.78, 5) is 4.39. The predicted molar refractivity (Wildman–Crippen MR) is 63.2 cm³/mol. The highest BCUT2D eigenvalue weighted by molar-refractivity contribution is 9.10. The molecule has 0 spiro atoms. The Kier molecular flexibility index (Phi) is 2.79. The van der Waals surface area contributed by atoms with Gasteiger partial charge in [0.25, 0.3) is 0 Å². The van der Waals surface area contributed by atoms with Crippen LogP contribution in [0.25, 0.3) is 0 Å². The topological polar surface area (TPSA) is 24.4 Å². The van der Waals surface area contributed by atoms with E-state index in [4.69, 9.17) is 11.6 Å². The molecule has 1 heterocycles. The third-order valence-electron chi connectivity index (χ3n) is 2.11. The number of nitrogens with one attached hydrogen (secondary N) is 1. The van der Waals surface area contributed by atoms with Crippen LogP contribution in [-0.2, 0) is 0 Å². The Labute approximate surface area is 96.5 Å². The molecule has 1 aromatic rings. The fourth-order valence-corrected chi connectivity index (χ4v) is 1.98. The molecule has 0 amide bonds. The summed E-state index contributed by atoms with van der Waals surface area (Å²) in [5, 5.41) is 4.00. The molecule has 0 aromatic heterocycles. The van der Waals surface area contributed by atoms with E-state index in [1.54, 1.807) is 0 Å². The molecule has 1 aromatic carbocycles. The van der Waals surface area contributed by atoms with E-state index in [2.05, 4.69) is 33.2 Å². The second-order valence-corrected chi connectivity index (χ2v) is 4.57. The fraction of sp³-hybridized carbons (Fsp3) is 0.300. The smallest absolute Gasteiger partial charge is 0.130 e. The quantitative estimate of drug-likeness (QED) is 0.836. The standard InChI is InChI=1S/C10H10BrClN2/c1-6-5-13-10(14-6)7-3-2-4-8(11)9(7)12/h2-4,6H,5H2,1H3,(H,13,14). The Morgan fingerprint density at radius 1 is 1.57 bits per heavy atom. The molecular weight excluding hydrogens is 263 g/mol. The maximum atomic E-state index is 6.15. The minimum absolute atomic E-state index is 0.403. The molecule has 4 heteroatoms. The molecule has 0 radical (unpaired) electrons. The zero-order valence-electron chi connectivity index (χ0n) is 7.72. The van der Waals surface area contributed by atoms with Gasteiger partial charge >= 0.3 is 0 Å². The predicted octanol–water partition coefficient (Wildman–Crippen LogP) is 2.84. The Hall–Kier alpha value is -0.540. The van der Waals surface area contributed by atoms with Crippen molar-refractivity contribution < 1.29 is 0 Å². The summed E-state index contributed by atoms with van der Waals surface area (Å²) in [6.07, 6.45) is 0. The first-order valence-electron chi connectivity index (χ1n) is 4.44. The lowest BCUT2D eigenvalue weighted by molar-refractivity contribution is 0.726. The van der Waals surface area contributed by atoms with Gasteiger partial charge in [-0.05, 0) is 35.0 Å². The average molecular weight is 274 g/mol. The lowest BCUT2D eigenvalue weighted by atomic mass is 10.2. The molecule has 2 nitrogen and oxygen atoms in total. The minimum Gasteiger partial charge on any atom is -0.366 e. The van der Waals surface area contributed by atoms with E-state index < -0.39 is 0 Å². The van der Waals surface area contributed by atoms with Gasteiger partial charge in [0, 0.05) is 16.1 Å². The van der Waals surface area contributed by atoms with Crippen molar-refractivity contribution in [1.29, 1.82) is 0 Å². The van der Waals surface area contributed by atoms with Gasteiger partial charge in [-0.25, -0.2) is 0 Å². The van der Waals surface area contributed by atoms with E-state index in [-0.39, 0.29) is 0 Å². The molecule has 74 valence electrons. The monoisotopic (exact) mass is 272 g/mol. The second kappa shape index (κ2) is 3.91. The largest absolute Gasteiger partial charge is 0.366 e. The van der Waals surface area contributed by atoms with Crippen LogP contribution in [0.4, 0.5) is 0 Å². The summed E-state index contributed by atoms with van der Waals surface area (Å²) < 4.78 is 0.903.